The van der Waals surface area contributed by atoms with E-state index >= 15 is 0 Å². The van der Waals surface area contributed by atoms with E-state index in [1.54, 1.807) is 12.7 Å². The fourth-order valence-electron chi connectivity index (χ4n) is 4.09. The minimum Gasteiger partial charge on any atom is -0.354 e. The Bertz CT molecular complexity index is 1100. The van der Waals surface area contributed by atoms with E-state index in [2.05, 4.69) is 55.2 Å². The van der Waals surface area contributed by atoms with Crippen LogP contribution in [0.2, 0.25) is 0 Å². The molecule has 8 nitrogen and oxygen atoms in total. The van der Waals surface area contributed by atoms with Crippen LogP contribution in [0.4, 0.5) is 5.82 Å². The molecule has 0 aromatic carbocycles. The molecule has 0 saturated carbocycles. The van der Waals surface area contributed by atoms with E-state index in [0.29, 0.717) is 12.0 Å². The van der Waals surface area contributed by atoms with E-state index < -0.39 is 0 Å². The Morgan fingerprint density at radius 3 is 2.82 bits per heavy atom. The second kappa shape index (κ2) is 7.37. The molecular formula is C19H23ClN8. The van der Waals surface area contributed by atoms with Gasteiger partial charge >= 0.3 is 0 Å². The molecule has 0 bridgehead atoms. The molecule has 0 unspecified atom stereocenters. The van der Waals surface area contributed by atoms with Gasteiger partial charge in [0.05, 0.1) is 10.8 Å². The van der Waals surface area contributed by atoms with E-state index in [4.69, 9.17) is 0 Å². The molecule has 5 rings (SSSR count). The molecule has 2 atom stereocenters. The maximum absolute atomic E-state index is 4.61. The van der Waals surface area contributed by atoms with Crippen LogP contribution in [-0.2, 0) is 0 Å². The average molecular weight is 399 g/mol. The zero-order valence-electron chi connectivity index (χ0n) is 15.8. The number of hydrogen-bond donors (Lipinski definition) is 2. The molecule has 28 heavy (non-hydrogen) atoms. The number of nitrogens with one attached hydrogen (secondary N) is 2. The zero-order valence-corrected chi connectivity index (χ0v) is 16.6. The largest absolute Gasteiger partial charge is 0.354 e. The van der Waals surface area contributed by atoms with E-state index in [-0.39, 0.29) is 12.4 Å². The molecule has 1 aliphatic heterocycles. The van der Waals surface area contributed by atoms with E-state index in [1.165, 1.54) is 6.42 Å². The zero-order chi connectivity index (χ0) is 18.4. The van der Waals surface area contributed by atoms with Gasteiger partial charge in [0.15, 0.2) is 11.5 Å². The summed E-state index contributed by atoms with van der Waals surface area (Å²) in [5.41, 5.74) is 1.67. The van der Waals surface area contributed by atoms with Gasteiger partial charge in [0.2, 0.25) is 0 Å². The highest BCUT2D eigenvalue weighted by Gasteiger charge is 2.27. The minimum atomic E-state index is 0. The summed E-state index contributed by atoms with van der Waals surface area (Å²) in [5, 5.41) is 5.50. The number of halogens is 1. The monoisotopic (exact) mass is 398 g/mol. The molecule has 146 valence electrons. The van der Waals surface area contributed by atoms with Gasteiger partial charge in [-0.3, -0.25) is 4.57 Å². The molecule has 0 amide bonds. The summed E-state index contributed by atoms with van der Waals surface area (Å²) >= 11 is 0. The number of fused-ring (bicyclic) bond motifs is 2. The fourth-order valence-corrected chi connectivity index (χ4v) is 4.09. The molecule has 4 aromatic rings. The fraction of sp³-hybridized carbons (Fsp3) is 0.368. The third-order valence-electron chi connectivity index (χ3n) is 5.64. The van der Waals surface area contributed by atoms with E-state index in [9.17, 15) is 0 Å². The van der Waals surface area contributed by atoms with Gasteiger partial charge in [-0.2, -0.15) is 0 Å². The highest BCUT2D eigenvalue weighted by molar-refractivity contribution is 5.91. The van der Waals surface area contributed by atoms with Crippen molar-refractivity contribution in [3.8, 4) is 5.82 Å². The first-order valence-corrected chi connectivity index (χ1v) is 9.28. The molecule has 1 saturated heterocycles. The highest BCUT2D eigenvalue weighted by atomic mass is 35.5. The smallest absolute Gasteiger partial charge is 0.151 e. The second-order valence-corrected chi connectivity index (χ2v) is 7.21. The van der Waals surface area contributed by atoms with Crippen LogP contribution in [-0.4, -0.2) is 55.7 Å². The summed E-state index contributed by atoms with van der Waals surface area (Å²) in [4.78, 5) is 23.4. The summed E-state index contributed by atoms with van der Waals surface area (Å²) in [6.07, 6.45) is 8.27. The lowest BCUT2D eigenvalue weighted by atomic mass is 9.93. The van der Waals surface area contributed by atoms with Crippen LogP contribution in [0, 0.1) is 5.92 Å². The summed E-state index contributed by atoms with van der Waals surface area (Å²) in [7, 11) is 2.13. The Hall–Kier alpha value is -2.71. The Morgan fingerprint density at radius 1 is 1.11 bits per heavy atom. The summed E-state index contributed by atoms with van der Waals surface area (Å²) < 4.78 is 2.01. The number of hydrogen-bond acceptors (Lipinski definition) is 6. The first-order chi connectivity index (χ1) is 13.2. The van der Waals surface area contributed by atoms with Gasteiger partial charge in [-0.25, -0.2) is 19.9 Å². The standard InChI is InChI=1S/C19H22N8.ClH/c1-12-3-6-20-9-15(12)26(2)17-14-5-8-27(19(14)25-11-23-17)18-13-4-7-21-16(13)22-10-24-18;/h4-5,7-8,10-12,15,20H,3,6,9H2,1-2H3,(H,21,22,24);1H/t12-,15+;/m1./s1. The normalized spacial score (nSPS) is 19.6. The van der Waals surface area contributed by atoms with E-state index in [1.807, 2.05) is 23.0 Å². The number of nitrogens with zero attached hydrogens (tertiary/aromatic N) is 6. The Kier molecular flexibility index (Phi) is 4.91. The predicted molar refractivity (Wildman–Crippen MR) is 112 cm³/mol. The molecule has 0 spiro atoms. The SMILES string of the molecule is C[C@@H]1CCNC[C@@H]1N(C)c1ncnc2c1ccn2-c1ncnc2[nH]ccc12.Cl. The van der Waals surface area contributed by atoms with Crippen LogP contribution in [0.5, 0.6) is 0 Å². The first-order valence-electron chi connectivity index (χ1n) is 9.28. The number of anilines is 1. The van der Waals surface area contributed by atoms with Gasteiger partial charge in [-0.05, 0) is 31.0 Å². The van der Waals surface area contributed by atoms with Gasteiger partial charge in [0, 0.05) is 32.0 Å². The molecule has 0 aliphatic carbocycles. The number of aromatic nitrogens is 6. The lowest BCUT2D eigenvalue weighted by Gasteiger charge is -2.37. The van der Waals surface area contributed by atoms with Gasteiger partial charge in [0.25, 0.3) is 0 Å². The van der Waals surface area contributed by atoms with Crippen LogP contribution in [0.3, 0.4) is 0 Å². The van der Waals surface area contributed by atoms with Crippen molar-refractivity contribution in [1.29, 1.82) is 0 Å². The van der Waals surface area contributed by atoms with Gasteiger partial charge < -0.3 is 15.2 Å². The maximum atomic E-state index is 4.61. The molecule has 0 radical (unpaired) electrons. The van der Waals surface area contributed by atoms with E-state index in [0.717, 1.165) is 46.8 Å². The molecule has 1 fully saturated rings. The van der Waals surface area contributed by atoms with Crippen molar-refractivity contribution in [2.24, 2.45) is 5.92 Å². The van der Waals surface area contributed by atoms with Crippen molar-refractivity contribution in [3.05, 3.63) is 37.2 Å². The highest BCUT2D eigenvalue weighted by Crippen LogP contribution is 2.30. The van der Waals surface area contributed by atoms with Gasteiger partial charge in [0.1, 0.15) is 24.1 Å². The van der Waals surface area contributed by atoms with Crippen molar-refractivity contribution in [1.82, 2.24) is 34.8 Å². The van der Waals surface area contributed by atoms with Crippen molar-refractivity contribution in [2.45, 2.75) is 19.4 Å². The third kappa shape index (κ3) is 2.89. The molecule has 1 aliphatic rings. The molecule has 4 aromatic heterocycles. The Balaban J connectivity index is 0.00000192. The topological polar surface area (TPSA) is 87.5 Å². The summed E-state index contributed by atoms with van der Waals surface area (Å²) in [5.74, 6) is 2.39. The molecule has 2 N–H and O–H groups in total. The number of H-pyrrole nitrogens is 1. The third-order valence-corrected chi connectivity index (χ3v) is 5.64. The van der Waals surface area contributed by atoms with Crippen molar-refractivity contribution < 1.29 is 0 Å². The lowest BCUT2D eigenvalue weighted by molar-refractivity contribution is 0.338. The van der Waals surface area contributed by atoms with Crippen LogP contribution in [0.25, 0.3) is 27.9 Å². The van der Waals surface area contributed by atoms with Crippen molar-refractivity contribution in [3.63, 3.8) is 0 Å². The Labute approximate surface area is 168 Å². The van der Waals surface area contributed by atoms with Crippen molar-refractivity contribution >= 4 is 40.3 Å². The summed E-state index contributed by atoms with van der Waals surface area (Å²) in [6, 6.07) is 4.47. The minimum absolute atomic E-state index is 0. The van der Waals surface area contributed by atoms with Crippen molar-refractivity contribution in [2.75, 3.05) is 25.0 Å². The van der Waals surface area contributed by atoms with Crippen LogP contribution >= 0.6 is 12.4 Å². The van der Waals surface area contributed by atoms with Crippen LogP contribution in [0.15, 0.2) is 37.2 Å². The molecular weight excluding hydrogens is 376 g/mol. The second-order valence-electron chi connectivity index (χ2n) is 7.21. The number of piperidine rings is 1. The quantitative estimate of drug-likeness (QED) is 0.551. The van der Waals surface area contributed by atoms with Gasteiger partial charge in [-0.1, -0.05) is 6.92 Å². The maximum Gasteiger partial charge on any atom is 0.151 e. The predicted octanol–water partition coefficient (Wildman–Crippen LogP) is 2.55. The summed E-state index contributed by atoms with van der Waals surface area (Å²) in [6.45, 7) is 4.37. The van der Waals surface area contributed by atoms with Crippen LogP contribution in [0.1, 0.15) is 13.3 Å². The lowest BCUT2D eigenvalue weighted by Crippen LogP contribution is -2.49. The number of likely N-dealkylation sites (N-methyl/N-ethyl adjacent to an activating group) is 1. The number of rotatable bonds is 3. The molecule has 5 heterocycles. The van der Waals surface area contributed by atoms with Crippen LogP contribution < -0.4 is 10.2 Å². The van der Waals surface area contributed by atoms with Gasteiger partial charge in [-0.15, -0.1) is 12.4 Å². The average Bonchev–Trinajstić information content (AvgIpc) is 3.34. The first kappa shape index (κ1) is 18.6. The molecule has 9 heteroatoms. The Morgan fingerprint density at radius 2 is 1.96 bits per heavy atom. The number of aromatic amines is 1.